The van der Waals surface area contributed by atoms with Crippen molar-refractivity contribution in [1.29, 1.82) is 0 Å². The zero-order chi connectivity index (χ0) is 20.2. The molecule has 4 bridgehead atoms. The lowest BCUT2D eigenvalue weighted by molar-refractivity contribution is -0.00521. The van der Waals surface area contributed by atoms with Crippen molar-refractivity contribution in [3.05, 3.63) is 58.7 Å². The van der Waals surface area contributed by atoms with E-state index in [4.69, 9.17) is 4.74 Å². The monoisotopic (exact) mass is 389 g/mol. The molecule has 0 spiro atoms. The lowest BCUT2D eigenvalue weighted by Crippen LogP contribution is -2.48. The van der Waals surface area contributed by atoms with Gasteiger partial charge in [0.05, 0.1) is 12.7 Å². The van der Waals surface area contributed by atoms with E-state index in [1.165, 1.54) is 44.1 Å². The molecular weight excluding hydrogens is 358 g/mol. The van der Waals surface area contributed by atoms with E-state index in [0.29, 0.717) is 11.3 Å². The van der Waals surface area contributed by atoms with Crippen LogP contribution in [-0.2, 0) is 5.41 Å². The van der Waals surface area contributed by atoms with Crippen molar-refractivity contribution in [2.75, 3.05) is 12.4 Å². The third kappa shape index (κ3) is 3.15. The number of hydrogen-bond donors (Lipinski definition) is 1. The number of rotatable bonds is 4. The Hall–Kier alpha value is -2.29. The smallest absolute Gasteiger partial charge is 0.259 e. The molecule has 4 aliphatic carbocycles. The normalized spacial score (nSPS) is 29.7. The van der Waals surface area contributed by atoms with Gasteiger partial charge in [0.1, 0.15) is 5.75 Å². The van der Waals surface area contributed by atoms with E-state index in [2.05, 4.69) is 17.4 Å². The van der Waals surface area contributed by atoms with Gasteiger partial charge in [-0.05, 0) is 104 Å². The van der Waals surface area contributed by atoms with E-state index < -0.39 is 0 Å². The Kier molecular flexibility index (Phi) is 4.45. The minimum atomic E-state index is -0.0779. The fraction of sp³-hybridized carbons (Fsp3) is 0.500. The molecule has 0 atom stereocenters. The summed E-state index contributed by atoms with van der Waals surface area (Å²) in [5, 5.41) is 3.15. The van der Waals surface area contributed by atoms with E-state index in [0.717, 1.165) is 34.6 Å². The number of aryl methyl sites for hydroxylation is 2. The highest BCUT2D eigenvalue weighted by Gasteiger charge is 2.51. The minimum absolute atomic E-state index is 0.0779. The summed E-state index contributed by atoms with van der Waals surface area (Å²) < 4.78 is 5.58. The maximum atomic E-state index is 13.3. The molecule has 4 fully saturated rings. The van der Waals surface area contributed by atoms with E-state index in [-0.39, 0.29) is 11.3 Å². The molecule has 2 aromatic rings. The van der Waals surface area contributed by atoms with Crippen molar-refractivity contribution in [2.45, 2.75) is 57.8 Å². The molecule has 0 unspecified atom stereocenters. The second-order valence-corrected chi connectivity index (χ2v) is 9.83. The number of methoxy groups -OCH3 is 1. The summed E-state index contributed by atoms with van der Waals surface area (Å²) >= 11 is 0. The standard InChI is InChI=1S/C26H31NO2/c1-16-5-4-6-17(2)24(16)27-25(28)22-12-21(7-8-23(22)29-3)26-13-18-9-19(14-26)11-20(10-18)15-26/h4-8,12,18-20H,9-11,13-15H2,1-3H3,(H,27,28). The van der Waals surface area contributed by atoms with Crippen molar-refractivity contribution in [2.24, 2.45) is 17.8 Å². The highest BCUT2D eigenvalue weighted by atomic mass is 16.5. The van der Waals surface area contributed by atoms with Gasteiger partial charge in [0, 0.05) is 5.69 Å². The Labute approximate surface area is 173 Å². The van der Waals surface area contributed by atoms with Crippen LogP contribution >= 0.6 is 0 Å². The third-order valence-corrected chi connectivity index (χ3v) is 7.81. The van der Waals surface area contributed by atoms with Crippen LogP contribution in [0.3, 0.4) is 0 Å². The van der Waals surface area contributed by atoms with Crippen molar-refractivity contribution in [3.63, 3.8) is 0 Å². The van der Waals surface area contributed by atoms with E-state index in [1.807, 2.05) is 38.1 Å². The number of amides is 1. The Bertz CT molecular complexity index is 906. The summed E-state index contributed by atoms with van der Waals surface area (Å²) in [6, 6.07) is 12.5. The van der Waals surface area contributed by atoms with Crippen LogP contribution < -0.4 is 10.1 Å². The molecule has 0 aliphatic heterocycles. The molecule has 0 saturated heterocycles. The second kappa shape index (κ2) is 6.90. The lowest BCUT2D eigenvalue weighted by Gasteiger charge is -2.57. The molecule has 152 valence electrons. The van der Waals surface area contributed by atoms with Crippen LogP contribution in [0.1, 0.15) is 65.6 Å². The van der Waals surface area contributed by atoms with Gasteiger partial charge in [-0.25, -0.2) is 0 Å². The van der Waals surface area contributed by atoms with Gasteiger partial charge < -0.3 is 10.1 Å². The molecule has 3 heteroatoms. The highest BCUT2D eigenvalue weighted by Crippen LogP contribution is 2.60. The SMILES string of the molecule is COc1ccc(C23CC4CC(CC(C4)C2)C3)cc1C(=O)Nc1c(C)cccc1C. The average molecular weight is 390 g/mol. The molecule has 4 saturated carbocycles. The van der Waals surface area contributed by atoms with E-state index in [1.54, 1.807) is 7.11 Å². The fourth-order valence-corrected chi connectivity index (χ4v) is 6.87. The predicted molar refractivity (Wildman–Crippen MR) is 117 cm³/mol. The van der Waals surface area contributed by atoms with Gasteiger partial charge >= 0.3 is 0 Å². The lowest BCUT2D eigenvalue weighted by atomic mass is 9.48. The van der Waals surface area contributed by atoms with Crippen molar-refractivity contribution < 1.29 is 9.53 Å². The number of nitrogens with one attached hydrogen (secondary N) is 1. The van der Waals surface area contributed by atoms with Crippen LogP contribution in [0.4, 0.5) is 5.69 Å². The van der Waals surface area contributed by atoms with Gasteiger partial charge in [-0.3, -0.25) is 4.79 Å². The molecule has 0 aromatic heterocycles. The van der Waals surface area contributed by atoms with Crippen LogP contribution in [0.15, 0.2) is 36.4 Å². The summed E-state index contributed by atoms with van der Waals surface area (Å²) in [5.74, 6) is 3.23. The van der Waals surface area contributed by atoms with Crippen molar-refractivity contribution in [1.82, 2.24) is 0 Å². The first-order chi connectivity index (χ1) is 14.0. The number of para-hydroxylation sites is 1. The number of anilines is 1. The van der Waals surface area contributed by atoms with Gasteiger partial charge in [-0.1, -0.05) is 24.3 Å². The largest absolute Gasteiger partial charge is 0.496 e. The number of hydrogen-bond acceptors (Lipinski definition) is 2. The number of benzene rings is 2. The quantitative estimate of drug-likeness (QED) is 0.693. The summed E-state index contributed by atoms with van der Waals surface area (Å²) in [6.45, 7) is 4.07. The molecular formula is C26H31NO2. The van der Waals surface area contributed by atoms with Gasteiger partial charge in [-0.15, -0.1) is 0 Å². The molecule has 0 heterocycles. The Morgan fingerprint density at radius 1 is 0.966 bits per heavy atom. The van der Waals surface area contributed by atoms with Crippen LogP contribution in [-0.4, -0.2) is 13.0 Å². The maximum absolute atomic E-state index is 13.3. The molecule has 6 rings (SSSR count). The van der Waals surface area contributed by atoms with Gasteiger partial charge in [0.15, 0.2) is 0 Å². The van der Waals surface area contributed by atoms with Crippen LogP contribution in [0, 0.1) is 31.6 Å². The Balaban J connectivity index is 1.50. The molecule has 1 amide bonds. The number of carbonyl (C=O) groups excluding carboxylic acids is 1. The first-order valence-electron chi connectivity index (χ1n) is 11.0. The molecule has 3 nitrogen and oxygen atoms in total. The van der Waals surface area contributed by atoms with Gasteiger partial charge in [0.25, 0.3) is 5.91 Å². The number of ether oxygens (including phenoxy) is 1. The van der Waals surface area contributed by atoms with E-state index in [9.17, 15) is 4.79 Å². The summed E-state index contributed by atoms with van der Waals surface area (Å²) in [6.07, 6.45) is 8.16. The first-order valence-corrected chi connectivity index (χ1v) is 11.0. The molecule has 29 heavy (non-hydrogen) atoms. The Morgan fingerprint density at radius 3 is 2.10 bits per heavy atom. The summed E-state index contributed by atoms with van der Waals surface area (Å²) in [4.78, 5) is 13.3. The van der Waals surface area contributed by atoms with Crippen LogP contribution in [0.2, 0.25) is 0 Å². The molecule has 2 aromatic carbocycles. The van der Waals surface area contributed by atoms with Crippen LogP contribution in [0.5, 0.6) is 5.75 Å². The molecule has 0 radical (unpaired) electrons. The fourth-order valence-electron chi connectivity index (χ4n) is 6.87. The summed E-state index contributed by atoms with van der Waals surface area (Å²) in [5.41, 5.74) is 5.34. The zero-order valence-electron chi connectivity index (χ0n) is 17.8. The van der Waals surface area contributed by atoms with Crippen molar-refractivity contribution in [3.8, 4) is 5.75 Å². The zero-order valence-corrected chi connectivity index (χ0v) is 17.8. The average Bonchev–Trinajstić information content (AvgIpc) is 2.69. The predicted octanol–water partition coefficient (Wildman–Crippen LogP) is 6.03. The van der Waals surface area contributed by atoms with Crippen LogP contribution in [0.25, 0.3) is 0 Å². The van der Waals surface area contributed by atoms with E-state index >= 15 is 0 Å². The van der Waals surface area contributed by atoms with Gasteiger partial charge in [0.2, 0.25) is 0 Å². The second-order valence-electron chi connectivity index (χ2n) is 9.83. The summed E-state index contributed by atoms with van der Waals surface area (Å²) in [7, 11) is 1.65. The highest BCUT2D eigenvalue weighted by molar-refractivity contribution is 6.07. The van der Waals surface area contributed by atoms with Gasteiger partial charge in [-0.2, -0.15) is 0 Å². The molecule has 4 aliphatic rings. The minimum Gasteiger partial charge on any atom is -0.496 e. The topological polar surface area (TPSA) is 38.3 Å². The molecule has 1 N–H and O–H groups in total. The first kappa shape index (κ1) is 18.7. The number of carbonyl (C=O) groups is 1. The third-order valence-electron chi connectivity index (χ3n) is 7.81. The Morgan fingerprint density at radius 2 is 1.55 bits per heavy atom. The maximum Gasteiger partial charge on any atom is 0.259 e. The van der Waals surface area contributed by atoms with Crippen molar-refractivity contribution >= 4 is 11.6 Å².